The van der Waals surface area contributed by atoms with Crippen molar-refractivity contribution in [3.8, 4) is 0 Å². The highest BCUT2D eigenvalue weighted by Gasteiger charge is 2.08. The summed E-state index contributed by atoms with van der Waals surface area (Å²) in [4.78, 5) is 12.1. The highest BCUT2D eigenvalue weighted by Crippen LogP contribution is 2.10. The molecule has 1 amide bonds. The summed E-state index contributed by atoms with van der Waals surface area (Å²) in [6, 6.07) is 15.0. The lowest BCUT2D eigenvalue weighted by Gasteiger charge is -2.09. The van der Waals surface area contributed by atoms with Crippen LogP contribution in [0.2, 0.25) is 5.02 Å². The number of nitrogens with one attached hydrogen (secondary N) is 1. The third-order valence-electron chi connectivity index (χ3n) is 3.09. The molecule has 0 radical (unpaired) electrons. The number of amides is 1. The first-order chi connectivity index (χ1) is 9.70. The van der Waals surface area contributed by atoms with Gasteiger partial charge in [0.25, 0.3) is 5.91 Å². The molecule has 104 valence electrons. The van der Waals surface area contributed by atoms with Gasteiger partial charge in [0.1, 0.15) is 0 Å². The van der Waals surface area contributed by atoms with E-state index in [4.69, 9.17) is 17.3 Å². The van der Waals surface area contributed by atoms with E-state index < -0.39 is 0 Å². The Balaban J connectivity index is 1.90. The average Bonchev–Trinajstić information content (AvgIpc) is 2.49. The Morgan fingerprint density at radius 1 is 1.10 bits per heavy atom. The predicted molar refractivity (Wildman–Crippen MR) is 81.8 cm³/mol. The van der Waals surface area contributed by atoms with Crippen LogP contribution in [-0.4, -0.2) is 12.5 Å². The van der Waals surface area contributed by atoms with Gasteiger partial charge < -0.3 is 11.1 Å². The average molecular weight is 289 g/mol. The quantitative estimate of drug-likeness (QED) is 0.889. The molecule has 0 unspecified atom stereocenters. The molecule has 0 saturated carbocycles. The molecule has 2 aromatic carbocycles. The fourth-order valence-electron chi connectivity index (χ4n) is 1.99. The smallest absolute Gasteiger partial charge is 0.251 e. The van der Waals surface area contributed by atoms with Crippen LogP contribution >= 0.6 is 11.6 Å². The molecule has 0 heterocycles. The Kier molecular flexibility index (Phi) is 5.16. The van der Waals surface area contributed by atoms with Crippen molar-refractivity contribution in [2.45, 2.75) is 13.0 Å². The van der Waals surface area contributed by atoms with Crippen LogP contribution in [0.15, 0.2) is 48.5 Å². The SMILES string of the molecule is NCc1ccccc1C(=O)NCCc1ccc(Cl)cc1. The van der Waals surface area contributed by atoms with Crippen LogP contribution in [0.1, 0.15) is 21.5 Å². The van der Waals surface area contributed by atoms with Crippen molar-refractivity contribution in [2.75, 3.05) is 6.54 Å². The number of benzene rings is 2. The second-order valence-electron chi connectivity index (χ2n) is 4.49. The minimum atomic E-state index is -0.0833. The lowest BCUT2D eigenvalue weighted by atomic mass is 10.1. The summed E-state index contributed by atoms with van der Waals surface area (Å²) in [7, 11) is 0. The molecule has 4 heteroatoms. The third kappa shape index (κ3) is 3.83. The Morgan fingerprint density at radius 2 is 1.80 bits per heavy atom. The molecule has 0 aliphatic rings. The van der Waals surface area contributed by atoms with Gasteiger partial charge >= 0.3 is 0 Å². The maximum Gasteiger partial charge on any atom is 0.251 e. The predicted octanol–water partition coefficient (Wildman–Crippen LogP) is 2.77. The Bertz CT molecular complexity index is 581. The molecule has 0 aliphatic carbocycles. The van der Waals surface area contributed by atoms with Crippen LogP contribution in [0.4, 0.5) is 0 Å². The summed E-state index contributed by atoms with van der Waals surface area (Å²) in [5.41, 5.74) is 8.27. The van der Waals surface area contributed by atoms with Crippen molar-refractivity contribution in [1.82, 2.24) is 5.32 Å². The second kappa shape index (κ2) is 7.08. The standard InChI is InChI=1S/C16H17ClN2O/c17-14-7-5-12(6-8-14)9-10-19-16(20)15-4-2-1-3-13(15)11-18/h1-8H,9-11,18H2,(H,19,20). The van der Waals surface area contributed by atoms with Crippen LogP contribution < -0.4 is 11.1 Å². The molecule has 0 aliphatic heterocycles. The Morgan fingerprint density at radius 3 is 2.50 bits per heavy atom. The summed E-state index contributed by atoms with van der Waals surface area (Å²) in [6.45, 7) is 0.945. The Hall–Kier alpha value is -1.84. The molecular formula is C16H17ClN2O. The maximum atomic E-state index is 12.1. The van der Waals surface area contributed by atoms with E-state index in [1.54, 1.807) is 6.07 Å². The molecule has 2 aromatic rings. The van der Waals surface area contributed by atoms with Gasteiger partial charge in [0.2, 0.25) is 0 Å². The van der Waals surface area contributed by atoms with Gasteiger partial charge in [0.05, 0.1) is 0 Å². The molecular weight excluding hydrogens is 272 g/mol. The molecule has 3 nitrogen and oxygen atoms in total. The van der Waals surface area contributed by atoms with E-state index in [2.05, 4.69) is 5.32 Å². The van der Waals surface area contributed by atoms with Crippen LogP contribution in [0, 0.1) is 0 Å². The fourth-order valence-corrected chi connectivity index (χ4v) is 2.11. The van der Waals surface area contributed by atoms with Gasteiger partial charge in [-0.05, 0) is 35.7 Å². The zero-order valence-corrected chi connectivity index (χ0v) is 11.9. The topological polar surface area (TPSA) is 55.1 Å². The number of nitrogens with two attached hydrogens (primary N) is 1. The summed E-state index contributed by atoms with van der Waals surface area (Å²) in [5.74, 6) is -0.0833. The van der Waals surface area contributed by atoms with Gasteiger partial charge in [-0.25, -0.2) is 0 Å². The minimum absolute atomic E-state index is 0.0833. The van der Waals surface area contributed by atoms with Crippen LogP contribution in [0.3, 0.4) is 0 Å². The maximum absolute atomic E-state index is 12.1. The zero-order chi connectivity index (χ0) is 14.4. The molecule has 0 spiro atoms. The normalized spacial score (nSPS) is 10.3. The number of hydrogen-bond donors (Lipinski definition) is 2. The van der Waals surface area contributed by atoms with E-state index in [1.807, 2.05) is 42.5 Å². The van der Waals surface area contributed by atoms with Gasteiger partial charge in [-0.3, -0.25) is 4.79 Å². The van der Waals surface area contributed by atoms with Crippen molar-refractivity contribution in [1.29, 1.82) is 0 Å². The number of rotatable bonds is 5. The van der Waals surface area contributed by atoms with Crippen molar-refractivity contribution in [3.63, 3.8) is 0 Å². The molecule has 2 rings (SSSR count). The summed E-state index contributed by atoms with van der Waals surface area (Å²) in [5, 5.41) is 3.63. The van der Waals surface area contributed by atoms with Gasteiger partial charge in [0.15, 0.2) is 0 Å². The lowest BCUT2D eigenvalue weighted by molar-refractivity contribution is 0.0953. The van der Waals surface area contributed by atoms with E-state index in [0.29, 0.717) is 18.7 Å². The highest BCUT2D eigenvalue weighted by atomic mass is 35.5. The van der Waals surface area contributed by atoms with Crippen LogP contribution in [0.5, 0.6) is 0 Å². The molecule has 0 saturated heterocycles. The molecule has 0 aromatic heterocycles. The van der Waals surface area contributed by atoms with Gasteiger partial charge in [0, 0.05) is 23.7 Å². The van der Waals surface area contributed by atoms with Gasteiger partial charge in [-0.1, -0.05) is 41.9 Å². The van der Waals surface area contributed by atoms with Gasteiger partial charge in [-0.2, -0.15) is 0 Å². The number of halogens is 1. The summed E-state index contributed by atoms with van der Waals surface area (Å²) >= 11 is 5.83. The third-order valence-corrected chi connectivity index (χ3v) is 3.35. The molecule has 20 heavy (non-hydrogen) atoms. The monoisotopic (exact) mass is 288 g/mol. The first-order valence-electron chi connectivity index (χ1n) is 6.51. The van der Waals surface area contributed by atoms with E-state index in [9.17, 15) is 4.79 Å². The van der Waals surface area contributed by atoms with Gasteiger partial charge in [-0.15, -0.1) is 0 Å². The Labute approximate surface area is 123 Å². The van der Waals surface area contributed by atoms with Crippen LogP contribution in [0.25, 0.3) is 0 Å². The largest absolute Gasteiger partial charge is 0.352 e. The van der Waals surface area contributed by atoms with Crippen molar-refractivity contribution >= 4 is 17.5 Å². The van der Waals surface area contributed by atoms with E-state index >= 15 is 0 Å². The molecule has 0 fully saturated rings. The molecule has 3 N–H and O–H groups in total. The number of carbonyl (C=O) groups is 1. The van der Waals surface area contributed by atoms with E-state index in [1.165, 1.54) is 0 Å². The van der Waals surface area contributed by atoms with E-state index in [-0.39, 0.29) is 5.91 Å². The first-order valence-corrected chi connectivity index (χ1v) is 6.89. The van der Waals surface area contributed by atoms with E-state index in [0.717, 1.165) is 22.6 Å². The second-order valence-corrected chi connectivity index (χ2v) is 4.93. The fraction of sp³-hybridized carbons (Fsp3) is 0.188. The molecule has 0 bridgehead atoms. The first kappa shape index (κ1) is 14.6. The van der Waals surface area contributed by atoms with Crippen molar-refractivity contribution in [2.24, 2.45) is 5.73 Å². The summed E-state index contributed by atoms with van der Waals surface area (Å²) in [6.07, 6.45) is 0.772. The van der Waals surface area contributed by atoms with Crippen molar-refractivity contribution in [3.05, 3.63) is 70.2 Å². The van der Waals surface area contributed by atoms with Crippen LogP contribution in [-0.2, 0) is 13.0 Å². The number of hydrogen-bond acceptors (Lipinski definition) is 2. The lowest BCUT2D eigenvalue weighted by Crippen LogP contribution is -2.27. The minimum Gasteiger partial charge on any atom is -0.352 e. The number of carbonyl (C=O) groups excluding carboxylic acids is 1. The zero-order valence-electron chi connectivity index (χ0n) is 11.1. The summed E-state index contributed by atoms with van der Waals surface area (Å²) < 4.78 is 0. The highest BCUT2D eigenvalue weighted by molar-refractivity contribution is 6.30. The molecule has 0 atom stereocenters. The van der Waals surface area contributed by atoms with Crippen molar-refractivity contribution < 1.29 is 4.79 Å².